The summed E-state index contributed by atoms with van der Waals surface area (Å²) in [6, 6.07) is 13.6. The second-order valence-electron chi connectivity index (χ2n) is 9.12. The van der Waals surface area contributed by atoms with Gasteiger partial charge in [-0.05, 0) is 63.9 Å². The normalized spacial score (nSPS) is 12.7. The molecular formula is C24H32BrN3O4S. The van der Waals surface area contributed by atoms with Gasteiger partial charge in [0.25, 0.3) is 0 Å². The molecule has 0 aliphatic rings. The van der Waals surface area contributed by atoms with Crippen LogP contribution in [-0.2, 0) is 26.2 Å². The zero-order chi connectivity index (χ0) is 25.0. The highest BCUT2D eigenvalue weighted by Gasteiger charge is 2.31. The number of para-hydroxylation sites is 1. The highest BCUT2D eigenvalue weighted by Crippen LogP contribution is 2.23. The first-order chi connectivity index (χ1) is 15.2. The van der Waals surface area contributed by atoms with E-state index in [0.29, 0.717) is 5.69 Å². The number of benzene rings is 2. The van der Waals surface area contributed by atoms with Gasteiger partial charge in [0.05, 0.1) is 11.9 Å². The lowest BCUT2D eigenvalue weighted by Crippen LogP contribution is -2.54. The van der Waals surface area contributed by atoms with Gasteiger partial charge in [-0.2, -0.15) is 0 Å². The van der Waals surface area contributed by atoms with Gasteiger partial charge in [0.2, 0.25) is 21.8 Å². The minimum absolute atomic E-state index is 0.155. The number of amides is 2. The van der Waals surface area contributed by atoms with Crippen LogP contribution in [0.2, 0.25) is 0 Å². The van der Waals surface area contributed by atoms with E-state index in [9.17, 15) is 18.0 Å². The fourth-order valence-corrected chi connectivity index (χ4v) is 4.68. The highest BCUT2D eigenvalue weighted by atomic mass is 79.9. The second kappa shape index (κ2) is 10.7. The summed E-state index contributed by atoms with van der Waals surface area (Å²) in [7, 11) is -3.75. The van der Waals surface area contributed by atoms with E-state index in [-0.39, 0.29) is 12.5 Å². The van der Waals surface area contributed by atoms with E-state index < -0.39 is 34.1 Å². The first kappa shape index (κ1) is 26.9. The second-order valence-corrected chi connectivity index (χ2v) is 11.9. The first-order valence-corrected chi connectivity index (χ1v) is 13.2. The Hall–Kier alpha value is -2.39. The summed E-state index contributed by atoms with van der Waals surface area (Å²) in [6.45, 7) is 8.77. The summed E-state index contributed by atoms with van der Waals surface area (Å²) >= 11 is 3.43. The maximum atomic E-state index is 13.5. The summed E-state index contributed by atoms with van der Waals surface area (Å²) in [4.78, 5) is 27.9. The number of halogens is 1. The molecule has 0 saturated carbocycles. The third kappa shape index (κ3) is 7.85. The molecule has 2 amide bonds. The Kier molecular flexibility index (Phi) is 8.70. The molecule has 0 spiro atoms. The Morgan fingerprint density at radius 3 is 2.27 bits per heavy atom. The van der Waals surface area contributed by atoms with Crippen LogP contribution in [-0.4, -0.2) is 49.5 Å². The van der Waals surface area contributed by atoms with Crippen LogP contribution in [0.3, 0.4) is 0 Å². The van der Waals surface area contributed by atoms with E-state index in [1.165, 1.54) is 4.90 Å². The van der Waals surface area contributed by atoms with Gasteiger partial charge in [0.15, 0.2) is 0 Å². The molecule has 1 atom stereocenters. The fraction of sp³-hybridized carbons (Fsp3) is 0.417. The van der Waals surface area contributed by atoms with Crippen molar-refractivity contribution < 1.29 is 18.0 Å². The Bertz CT molecular complexity index is 1110. The topological polar surface area (TPSA) is 86.8 Å². The number of sulfonamides is 1. The lowest BCUT2D eigenvalue weighted by atomic mass is 10.1. The number of nitrogens with one attached hydrogen (secondary N) is 1. The van der Waals surface area contributed by atoms with Gasteiger partial charge in [0, 0.05) is 16.6 Å². The zero-order valence-electron chi connectivity index (χ0n) is 19.9. The van der Waals surface area contributed by atoms with Gasteiger partial charge in [-0.25, -0.2) is 8.42 Å². The molecule has 0 radical (unpaired) electrons. The number of anilines is 1. The number of rotatable bonds is 8. The third-order valence-electron chi connectivity index (χ3n) is 4.97. The van der Waals surface area contributed by atoms with Gasteiger partial charge >= 0.3 is 0 Å². The van der Waals surface area contributed by atoms with Crippen molar-refractivity contribution in [3.8, 4) is 0 Å². The van der Waals surface area contributed by atoms with E-state index in [1.54, 1.807) is 38.1 Å². The number of hydrogen-bond acceptors (Lipinski definition) is 4. The Morgan fingerprint density at radius 1 is 1.09 bits per heavy atom. The SMILES string of the molecule is Cc1ccccc1N(CC(=O)N(Cc1cccc(Br)c1)[C@H](C)C(=O)NC(C)(C)C)S(C)(=O)=O. The Balaban J connectivity index is 2.42. The highest BCUT2D eigenvalue weighted by molar-refractivity contribution is 9.10. The fourth-order valence-electron chi connectivity index (χ4n) is 3.33. The molecule has 0 saturated heterocycles. The Morgan fingerprint density at radius 2 is 1.73 bits per heavy atom. The average molecular weight is 539 g/mol. The molecule has 9 heteroatoms. The van der Waals surface area contributed by atoms with E-state index in [4.69, 9.17) is 0 Å². The van der Waals surface area contributed by atoms with E-state index >= 15 is 0 Å². The molecule has 2 rings (SSSR count). The van der Waals surface area contributed by atoms with Gasteiger partial charge in [-0.3, -0.25) is 13.9 Å². The molecule has 33 heavy (non-hydrogen) atoms. The average Bonchev–Trinajstić information content (AvgIpc) is 2.68. The van der Waals surface area contributed by atoms with Crippen LogP contribution < -0.4 is 9.62 Å². The molecule has 0 aliphatic carbocycles. The summed E-state index contributed by atoms with van der Waals surface area (Å²) in [5, 5.41) is 2.90. The minimum atomic E-state index is -3.75. The van der Waals surface area contributed by atoms with Crippen molar-refractivity contribution in [3.63, 3.8) is 0 Å². The largest absolute Gasteiger partial charge is 0.350 e. The minimum Gasteiger partial charge on any atom is -0.350 e. The summed E-state index contributed by atoms with van der Waals surface area (Å²) < 4.78 is 27.1. The maximum absolute atomic E-state index is 13.5. The van der Waals surface area contributed by atoms with Crippen molar-refractivity contribution in [1.29, 1.82) is 0 Å². The third-order valence-corrected chi connectivity index (χ3v) is 6.59. The lowest BCUT2D eigenvalue weighted by molar-refractivity contribution is -0.140. The van der Waals surface area contributed by atoms with Crippen molar-refractivity contribution in [2.75, 3.05) is 17.1 Å². The van der Waals surface area contributed by atoms with Crippen LogP contribution in [0.25, 0.3) is 0 Å². The van der Waals surface area contributed by atoms with Crippen LogP contribution in [0.1, 0.15) is 38.8 Å². The van der Waals surface area contributed by atoms with Crippen LogP contribution in [0.4, 0.5) is 5.69 Å². The number of nitrogens with zero attached hydrogens (tertiary/aromatic N) is 2. The van der Waals surface area contributed by atoms with Gasteiger partial charge in [-0.15, -0.1) is 0 Å². The number of carbonyl (C=O) groups is 2. The molecular weight excluding hydrogens is 506 g/mol. The van der Waals surface area contributed by atoms with Crippen molar-refractivity contribution >= 4 is 43.5 Å². The van der Waals surface area contributed by atoms with Crippen LogP contribution in [0.15, 0.2) is 53.0 Å². The predicted octanol–water partition coefficient (Wildman–Crippen LogP) is 3.86. The molecule has 0 heterocycles. The smallest absolute Gasteiger partial charge is 0.244 e. The molecule has 0 bridgehead atoms. The van der Waals surface area contributed by atoms with E-state index in [0.717, 1.165) is 26.2 Å². The van der Waals surface area contributed by atoms with Crippen molar-refractivity contribution in [2.24, 2.45) is 0 Å². The van der Waals surface area contributed by atoms with Gasteiger partial charge < -0.3 is 10.2 Å². The summed E-state index contributed by atoms with van der Waals surface area (Å²) in [5.74, 6) is -0.784. The standard InChI is InChI=1S/C24H32BrN3O4S/c1-17-10-7-8-13-21(17)28(33(6,31)32)16-22(29)27(15-19-11-9-12-20(25)14-19)18(2)23(30)26-24(3,4)5/h7-14,18H,15-16H2,1-6H3,(H,26,30)/t18-/m1/s1. The van der Waals surface area contributed by atoms with E-state index in [1.807, 2.05) is 45.0 Å². The molecule has 1 N–H and O–H groups in total. The first-order valence-electron chi connectivity index (χ1n) is 10.6. The van der Waals surface area contributed by atoms with E-state index in [2.05, 4.69) is 21.2 Å². The molecule has 0 aliphatic heterocycles. The molecule has 2 aromatic carbocycles. The molecule has 2 aromatic rings. The van der Waals surface area contributed by atoms with Crippen LogP contribution >= 0.6 is 15.9 Å². The molecule has 7 nitrogen and oxygen atoms in total. The number of carbonyl (C=O) groups excluding carboxylic acids is 2. The van der Waals surface area contributed by atoms with Gasteiger partial charge in [-0.1, -0.05) is 46.3 Å². The summed E-state index contributed by atoms with van der Waals surface area (Å²) in [5.41, 5.74) is 1.50. The summed E-state index contributed by atoms with van der Waals surface area (Å²) in [6.07, 6.45) is 1.07. The molecule has 180 valence electrons. The molecule has 0 aromatic heterocycles. The molecule has 0 unspecified atom stereocenters. The number of aryl methyl sites for hydroxylation is 1. The van der Waals surface area contributed by atoms with Gasteiger partial charge in [0.1, 0.15) is 12.6 Å². The quantitative estimate of drug-likeness (QED) is 0.553. The zero-order valence-corrected chi connectivity index (χ0v) is 22.3. The Labute approximate surface area is 205 Å². The maximum Gasteiger partial charge on any atom is 0.244 e. The predicted molar refractivity (Wildman–Crippen MR) is 135 cm³/mol. The van der Waals surface area contributed by atoms with Crippen molar-refractivity contribution in [1.82, 2.24) is 10.2 Å². The monoisotopic (exact) mass is 537 g/mol. The molecule has 0 fully saturated rings. The van der Waals surface area contributed by atoms with Crippen molar-refractivity contribution in [3.05, 3.63) is 64.1 Å². The number of hydrogen-bond donors (Lipinski definition) is 1. The van der Waals surface area contributed by atoms with Crippen molar-refractivity contribution in [2.45, 2.75) is 52.7 Å². The van der Waals surface area contributed by atoms with Crippen LogP contribution in [0.5, 0.6) is 0 Å². The van der Waals surface area contributed by atoms with Crippen LogP contribution in [0, 0.1) is 6.92 Å². The lowest BCUT2D eigenvalue weighted by Gasteiger charge is -2.33.